The van der Waals surface area contributed by atoms with Crippen LogP contribution in [0.25, 0.3) is 0 Å². The number of aromatic nitrogens is 3. The molecule has 1 fully saturated rings. The van der Waals surface area contributed by atoms with Gasteiger partial charge in [0.1, 0.15) is 10.8 Å². The second kappa shape index (κ2) is 9.22. The van der Waals surface area contributed by atoms with Crippen LogP contribution in [0.15, 0.2) is 11.2 Å². The van der Waals surface area contributed by atoms with E-state index in [1.54, 1.807) is 7.11 Å². The third-order valence-corrected chi connectivity index (χ3v) is 8.54. The Labute approximate surface area is 204 Å². The summed E-state index contributed by atoms with van der Waals surface area (Å²) in [4.78, 5) is 29.2. The fourth-order valence-electron chi connectivity index (χ4n) is 5.46. The van der Waals surface area contributed by atoms with Crippen LogP contribution in [0.2, 0.25) is 0 Å². The first-order valence-electron chi connectivity index (χ1n) is 12.0. The number of hydrogen-bond donors (Lipinski definition) is 2. The Morgan fingerprint density at radius 3 is 2.79 bits per heavy atom. The number of methoxy groups -OCH3 is 1. The predicted octanol–water partition coefficient (Wildman–Crippen LogP) is 3.30. The number of hydrazine groups is 1. The van der Waals surface area contributed by atoms with Crippen LogP contribution in [0.5, 0.6) is 5.75 Å². The molecule has 2 unspecified atom stereocenters. The minimum atomic E-state index is -0.196. The van der Waals surface area contributed by atoms with Crippen LogP contribution in [-0.4, -0.2) is 51.2 Å². The van der Waals surface area contributed by atoms with E-state index in [-0.39, 0.29) is 23.1 Å². The second-order valence-electron chi connectivity index (χ2n) is 9.52. The van der Waals surface area contributed by atoms with Gasteiger partial charge in [-0.25, -0.2) is 10.4 Å². The largest absolute Gasteiger partial charge is 0.496 e. The molecule has 0 radical (unpaired) electrons. The summed E-state index contributed by atoms with van der Waals surface area (Å²) in [6, 6.07) is 0.307. The molecule has 182 valence electrons. The Bertz CT molecular complexity index is 1110. The molecule has 10 heteroatoms. The van der Waals surface area contributed by atoms with Crippen molar-refractivity contribution in [2.75, 3.05) is 24.9 Å². The average Bonchev–Trinajstić information content (AvgIpc) is 3.18. The number of amides is 1. The molecule has 2 aromatic rings. The summed E-state index contributed by atoms with van der Waals surface area (Å²) in [6.07, 6.45) is 8.38. The van der Waals surface area contributed by atoms with E-state index >= 15 is 0 Å². The molecule has 0 saturated heterocycles. The zero-order valence-corrected chi connectivity index (χ0v) is 21.1. The number of anilines is 2. The Kier molecular flexibility index (Phi) is 6.28. The van der Waals surface area contributed by atoms with Gasteiger partial charge in [0.15, 0.2) is 5.82 Å². The quantitative estimate of drug-likeness (QED) is 0.619. The fourth-order valence-corrected chi connectivity index (χ4v) is 6.79. The van der Waals surface area contributed by atoms with E-state index in [0.717, 1.165) is 51.8 Å². The van der Waals surface area contributed by atoms with E-state index in [0.29, 0.717) is 19.0 Å². The average molecular weight is 484 g/mol. The smallest absolute Gasteiger partial charge is 0.236 e. The molecule has 1 amide bonds. The van der Waals surface area contributed by atoms with Crippen LogP contribution >= 0.6 is 11.8 Å². The van der Waals surface area contributed by atoms with Gasteiger partial charge in [-0.2, -0.15) is 4.98 Å². The van der Waals surface area contributed by atoms with Crippen LogP contribution in [0.3, 0.4) is 0 Å². The minimum Gasteiger partial charge on any atom is -0.496 e. The summed E-state index contributed by atoms with van der Waals surface area (Å²) in [7, 11) is 3.64. The van der Waals surface area contributed by atoms with Gasteiger partial charge in [0.05, 0.1) is 30.6 Å². The van der Waals surface area contributed by atoms with Crippen LogP contribution < -0.4 is 20.9 Å². The predicted molar refractivity (Wildman–Crippen MR) is 133 cm³/mol. The van der Waals surface area contributed by atoms with Crippen molar-refractivity contribution in [1.82, 2.24) is 25.3 Å². The van der Waals surface area contributed by atoms with E-state index in [4.69, 9.17) is 10.5 Å². The topological polar surface area (TPSA) is 110 Å². The third kappa shape index (κ3) is 4.07. The maximum absolute atomic E-state index is 13.5. The molecule has 2 aromatic heterocycles. The molecular formula is C24H33N7O2S. The summed E-state index contributed by atoms with van der Waals surface area (Å²) in [5.41, 5.74) is 13.6. The lowest BCUT2D eigenvalue weighted by Gasteiger charge is -2.35. The summed E-state index contributed by atoms with van der Waals surface area (Å²) >= 11 is 1.52. The van der Waals surface area contributed by atoms with Crippen LogP contribution in [0.1, 0.15) is 67.0 Å². The molecule has 1 saturated carbocycles. The van der Waals surface area contributed by atoms with Crippen molar-refractivity contribution in [1.29, 1.82) is 0 Å². The number of rotatable bonds is 5. The number of ether oxygens (including phenoxy) is 1. The van der Waals surface area contributed by atoms with Crippen molar-refractivity contribution < 1.29 is 9.53 Å². The van der Waals surface area contributed by atoms with Crippen LogP contribution in [-0.2, 0) is 11.3 Å². The molecule has 0 aromatic carbocycles. The summed E-state index contributed by atoms with van der Waals surface area (Å²) in [5, 5.41) is 2.60. The number of carbonyl (C=O) groups is 1. The molecule has 34 heavy (non-hydrogen) atoms. The highest BCUT2D eigenvalue weighted by Gasteiger charge is 2.43. The number of hydrogen-bond acceptors (Lipinski definition) is 9. The number of nitrogens with one attached hydrogen (secondary N) is 1. The van der Waals surface area contributed by atoms with Gasteiger partial charge in [0.2, 0.25) is 11.9 Å². The van der Waals surface area contributed by atoms with Crippen molar-refractivity contribution in [3.8, 4) is 5.75 Å². The van der Waals surface area contributed by atoms with Gasteiger partial charge >= 0.3 is 0 Å². The van der Waals surface area contributed by atoms with Gasteiger partial charge in [-0.05, 0) is 33.1 Å². The Morgan fingerprint density at radius 1 is 1.29 bits per heavy atom. The molecule has 3 N–H and O–H groups in total. The highest BCUT2D eigenvalue weighted by Crippen LogP contribution is 2.48. The van der Waals surface area contributed by atoms with Gasteiger partial charge < -0.3 is 15.4 Å². The first-order chi connectivity index (χ1) is 16.4. The molecular weight excluding hydrogens is 450 g/mol. The van der Waals surface area contributed by atoms with Crippen molar-refractivity contribution in [2.45, 2.75) is 81.3 Å². The number of nitrogen functional groups attached to an aromatic ring is 1. The lowest BCUT2D eigenvalue weighted by Crippen LogP contribution is -2.45. The van der Waals surface area contributed by atoms with Crippen molar-refractivity contribution in [3.05, 3.63) is 28.6 Å². The molecule has 0 bridgehead atoms. The van der Waals surface area contributed by atoms with E-state index in [2.05, 4.69) is 20.4 Å². The Balaban J connectivity index is 1.39. The minimum absolute atomic E-state index is 0.0341. The molecule has 0 spiro atoms. The van der Waals surface area contributed by atoms with Crippen LogP contribution in [0.4, 0.5) is 11.8 Å². The molecule has 1 aliphatic carbocycles. The highest BCUT2D eigenvalue weighted by molar-refractivity contribution is 8.00. The van der Waals surface area contributed by atoms with Gasteiger partial charge in [0, 0.05) is 36.0 Å². The zero-order chi connectivity index (χ0) is 24.0. The number of carbonyl (C=O) groups excluding carboxylic acids is 1. The summed E-state index contributed by atoms with van der Waals surface area (Å²) < 4.78 is 5.58. The Hall–Kier alpha value is -2.59. The molecule has 3 aliphatic rings. The SMILES string of the molecule is COc1c(C)cnc(CN2NC3CC(C(=O)N(C)C4CCCCC4)Sc4nc(N)nc2c43)c1C. The van der Waals surface area contributed by atoms with Crippen molar-refractivity contribution in [3.63, 3.8) is 0 Å². The van der Waals surface area contributed by atoms with Crippen molar-refractivity contribution in [2.24, 2.45) is 0 Å². The number of pyridine rings is 1. The monoisotopic (exact) mass is 483 g/mol. The maximum Gasteiger partial charge on any atom is 0.236 e. The van der Waals surface area contributed by atoms with E-state index in [1.807, 2.05) is 37.0 Å². The molecule has 2 atom stereocenters. The third-order valence-electron chi connectivity index (χ3n) is 7.33. The highest BCUT2D eigenvalue weighted by atomic mass is 32.2. The number of thioether (sulfide) groups is 1. The number of aryl methyl sites for hydroxylation is 1. The Morgan fingerprint density at radius 2 is 2.06 bits per heavy atom. The normalized spacial score (nSPS) is 21.9. The van der Waals surface area contributed by atoms with Gasteiger partial charge in [0.25, 0.3) is 0 Å². The van der Waals surface area contributed by atoms with Crippen molar-refractivity contribution >= 4 is 29.4 Å². The number of nitrogens with two attached hydrogens (primary N) is 1. The molecule has 5 rings (SSSR count). The lowest BCUT2D eigenvalue weighted by molar-refractivity contribution is -0.132. The maximum atomic E-state index is 13.5. The molecule has 2 aliphatic heterocycles. The van der Waals surface area contributed by atoms with Gasteiger partial charge in [-0.3, -0.25) is 14.8 Å². The van der Waals surface area contributed by atoms with E-state index < -0.39 is 0 Å². The van der Waals surface area contributed by atoms with Gasteiger partial charge in [-0.1, -0.05) is 31.0 Å². The standard InChI is InChI=1S/C24H33N7O2S/c1-13-11-26-17(14(2)20(13)33-4)12-31-21-19-16(29-31)10-18(34-22(19)28-24(25)27-21)23(32)30(3)15-8-6-5-7-9-15/h11,15-16,18,29H,5-10,12H2,1-4H3,(H2,25,27,28). The fraction of sp³-hybridized carbons (Fsp3) is 0.583. The van der Waals surface area contributed by atoms with Gasteiger partial charge in [-0.15, -0.1) is 0 Å². The lowest BCUT2D eigenvalue weighted by atomic mass is 9.94. The zero-order valence-electron chi connectivity index (χ0n) is 20.3. The molecule has 4 heterocycles. The molecule has 9 nitrogen and oxygen atoms in total. The van der Waals surface area contributed by atoms with Crippen LogP contribution in [0, 0.1) is 13.8 Å². The first-order valence-corrected chi connectivity index (χ1v) is 12.9. The summed E-state index contributed by atoms with van der Waals surface area (Å²) in [6.45, 7) is 4.52. The second-order valence-corrected chi connectivity index (χ2v) is 10.7. The number of nitrogens with zero attached hydrogens (tertiary/aromatic N) is 5. The first kappa shape index (κ1) is 23.2. The summed E-state index contributed by atoms with van der Waals surface area (Å²) in [5.74, 6) is 2.02. The van der Waals surface area contributed by atoms with E-state index in [1.165, 1.54) is 31.0 Å². The van der Waals surface area contributed by atoms with E-state index in [9.17, 15) is 4.79 Å².